The predicted molar refractivity (Wildman–Crippen MR) is 82.1 cm³/mol. The highest BCUT2D eigenvalue weighted by molar-refractivity contribution is 7.98. The minimum Gasteiger partial charge on any atom is -0.465 e. The summed E-state index contributed by atoms with van der Waals surface area (Å²) in [5.74, 6) is 0.157. The van der Waals surface area contributed by atoms with Gasteiger partial charge in [-0.2, -0.15) is 11.8 Å². The molecule has 1 aromatic rings. The van der Waals surface area contributed by atoms with Gasteiger partial charge in [-0.1, -0.05) is 6.07 Å². The number of benzene rings is 1. The van der Waals surface area contributed by atoms with Crippen LogP contribution in [0.1, 0.15) is 22.3 Å². The van der Waals surface area contributed by atoms with E-state index in [-0.39, 0.29) is 5.91 Å². The number of anilines is 1. The molecule has 0 aliphatic rings. The van der Waals surface area contributed by atoms with Crippen molar-refractivity contribution in [2.75, 3.05) is 24.4 Å². The van der Waals surface area contributed by atoms with Gasteiger partial charge in [0.15, 0.2) is 0 Å². The van der Waals surface area contributed by atoms with E-state index in [0.29, 0.717) is 23.2 Å². The van der Waals surface area contributed by atoms with Crippen LogP contribution in [0.5, 0.6) is 0 Å². The van der Waals surface area contributed by atoms with Gasteiger partial charge in [0.25, 0.3) is 0 Å². The average molecular weight is 296 g/mol. The van der Waals surface area contributed by atoms with Gasteiger partial charge < -0.3 is 15.8 Å². The summed E-state index contributed by atoms with van der Waals surface area (Å²) < 4.78 is 4.70. The smallest absolute Gasteiger partial charge is 0.338 e. The summed E-state index contributed by atoms with van der Waals surface area (Å²) in [5.41, 5.74) is 7.49. The minimum absolute atomic E-state index is 0.246. The molecule has 110 valence electrons. The molecule has 0 aliphatic heterocycles. The summed E-state index contributed by atoms with van der Waals surface area (Å²) in [5, 5.41) is 2.76. The molecule has 0 radical (unpaired) electrons. The lowest BCUT2D eigenvalue weighted by atomic mass is 10.1. The molecule has 6 heteroatoms. The zero-order chi connectivity index (χ0) is 15.1. The fourth-order valence-electron chi connectivity index (χ4n) is 1.70. The van der Waals surface area contributed by atoms with E-state index in [1.54, 1.807) is 36.9 Å². The largest absolute Gasteiger partial charge is 0.465 e. The molecule has 0 unspecified atom stereocenters. The lowest BCUT2D eigenvalue weighted by Crippen LogP contribution is -2.36. The van der Waals surface area contributed by atoms with Crippen LogP contribution in [0.4, 0.5) is 5.69 Å². The zero-order valence-corrected chi connectivity index (χ0v) is 12.8. The Hall–Kier alpha value is -1.53. The molecular formula is C14H20N2O3S. The lowest BCUT2D eigenvalue weighted by Gasteiger charge is -2.14. The first-order chi connectivity index (χ1) is 9.51. The van der Waals surface area contributed by atoms with Crippen LogP contribution in [-0.2, 0) is 9.53 Å². The maximum atomic E-state index is 12.0. The summed E-state index contributed by atoms with van der Waals surface area (Å²) in [6.07, 6.45) is 2.58. The molecule has 0 aromatic heterocycles. The van der Waals surface area contributed by atoms with Crippen LogP contribution in [-0.4, -0.2) is 37.0 Å². The summed E-state index contributed by atoms with van der Waals surface area (Å²) in [6.45, 7) is 1.76. The van der Waals surface area contributed by atoms with E-state index in [1.165, 1.54) is 7.11 Å². The summed E-state index contributed by atoms with van der Waals surface area (Å²) in [4.78, 5) is 23.5. The van der Waals surface area contributed by atoms with Gasteiger partial charge in [0.2, 0.25) is 5.91 Å². The van der Waals surface area contributed by atoms with Gasteiger partial charge in [-0.25, -0.2) is 4.79 Å². The molecule has 1 rings (SSSR count). The minimum atomic E-state index is -0.552. The highest BCUT2D eigenvalue weighted by Crippen LogP contribution is 2.20. The standard InChI is InChI=1S/C14H20N2O3S/c1-9-10(14(18)19-2)5-4-6-12(9)16-13(17)11(15)7-8-20-3/h4-6,11H,7-8,15H2,1-3H3,(H,16,17)/t11-/m1/s1. The van der Waals surface area contributed by atoms with E-state index < -0.39 is 12.0 Å². The van der Waals surface area contributed by atoms with Crippen molar-refractivity contribution in [2.24, 2.45) is 5.73 Å². The van der Waals surface area contributed by atoms with Crippen molar-refractivity contribution in [3.05, 3.63) is 29.3 Å². The highest BCUT2D eigenvalue weighted by atomic mass is 32.2. The Balaban J connectivity index is 2.82. The first kappa shape index (κ1) is 16.5. The molecule has 0 saturated heterocycles. The van der Waals surface area contributed by atoms with Gasteiger partial charge in [0.05, 0.1) is 18.7 Å². The Morgan fingerprint density at radius 2 is 2.15 bits per heavy atom. The highest BCUT2D eigenvalue weighted by Gasteiger charge is 2.16. The van der Waals surface area contributed by atoms with E-state index in [0.717, 1.165) is 5.75 Å². The van der Waals surface area contributed by atoms with Gasteiger partial charge in [0, 0.05) is 5.69 Å². The van der Waals surface area contributed by atoms with E-state index in [1.807, 2.05) is 6.26 Å². The van der Waals surface area contributed by atoms with Crippen molar-refractivity contribution in [1.29, 1.82) is 0 Å². The Morgan fingerprint density at radius 3 is 2.75 bits per heavy atom. The quantitative estimate of drug-likeness (QED) is 0.782. The van der Waals surface area contributed by atoms with Gasteiger partial charge >= 0.3 is 5.97 Å². The Kier molecular flexibility index (Phi) is 6.54. The number of carbonyl (C=O) groups is 2. The van der Waals surface area contributed by atoms with E-state index in [9.17, 15) is 9.59 Å². The van der Waals surface area contributed by atoms with E-state index in [2.05, 4.69) is 5.32 Å². The molecule has 3 N–H and O–H groups in total. The zero-order valence-electron chi connectivity index (χ0n) is 11.9. The van der Waals surface area contributed by atoms with Crippen molar-refractivity contribution in [2.45, 2.75) is 19.4 Å². The van der Waals surface area contributed by atoms with Crippen molar-refractivity contribution >= 4 is 29.3 Å². The number of hydrogen-bond acceptors (Lipinski definition) is 5. The number of methoxy groups -OCH3 is 1. The maximum Gasteiger partial charge on any atom is 0.338 e. The van der Waals surface area contributed by atoms with Crippen LogP contribution in [0.2, 0.25) is 0 Å². The SMILES string of the molecule is COC(=O)c1cccc(NC(=O)[C@H](N)CCSC)c1C. The molecule has 1 amide bonds. The van der Waals surface area contributed by atoms with Crippen molar-refractivity contribution < 1.29 is 14.3 Å². The summed E-state index contributed by atoms with van der Waals surface area (Å²) in [7, 11) is 1.32. The van der Waals surface area contributed by atoms with Crippen LogP contribution in [0.25, 0.3) is 0 Å². The molecule has 1 aromatic carbocycles. The van der Waals surface area contributed by atoms with Crippen molar-refractivity contribution in [3.63, 3.8) is 0 Å². The molecular weight excluding hydrogens is 276 g/mol. The van der Waals surface area contributed by atoms with Crippen molar-refractivity contribution in [3.8, 4) is 0 Å². The number of esters is 1. The van der Waals surface area contributed by atoms with Crippen LogP contribution in [0.3, 0.4) is 0 Å². The number of carbonyl (C=O) groups excluding carboxylic acids is 2. The van der Waals surface area contributed by atoms with Gasteiger partial charge in [0.1, 0.15) is 0 Å². The number of nitrogens with one attached hydrogen (secondary N) is 1. The fraction of sp³-hybridized carbons (Fsp3) is 0.429. The third-order valence-corrected chi connectivity index (χ3v) is 3.61. The second-order valence-corrected chi connectivity index (χ2v) is 5.33. The third kappa shape index (κ3) is 4.25. The van der Waals surface area contributed by atoms with Gasteiger partial charge in [-0.05, 0) is 43.0 Å². The molecule has 20 heavy (non-hydrogen) atoms. The second kappa shape index (κ2) is 7.91. The topological polar surface area (TPSA) is 81.4 Å². The van der Waals surface area contributed by atoms with Gasteiger partial charge in [-0.3, -0.25) is 4.79 Å². The number of ether oxygens (including phenoxy) is 1. The summed E-state index contributed by atoms with van der Waals surface area (Å²) in [6, 6.07) is 4.54. The Labute approximate surface area is 123 Å². The Bertz CT molecular complexity index is 491. The predicted octanol–water partition coefficient (Wildman–Crippen LogP) is 1.80. The second-order valence-electron chi connectivity index (χ2n) is 4.35. The molecule has 0 fully saturated rings. The molecule has 1 atom stereocenters. The van der Waals surface area contributed by atoms with E-state index >= 15 is 0 Å². The third-order valence-electron chi connectivity index (χ3n) is 2.97. The maximum absolute atomic E-state index is 12.0. The monoisotopic (exact) mass is 296 g/mol. The van der Waals surface area contributed by atoms with Crippen LogP contribution >= 0.6 is 11.8 Å². The van der Waals surface area contributed by atoms with Crippen LogP contribution in [0.15, 0.2) is 18.2 Å². The fourth-order valence-corrected chi connectivity index (χ4v) is 2.19. The number of amides is 1. The van der Waals surface area contributed by atoms with Crippen LogP contribution < -0.4 is 11.1 Å². The average Bonchev–Trinajstić information content (AvgIpc) is 2.45. The molecule has 0 saturated carbocycles. The van der Waals surface area contributed by atoms with Crippen molar-refractivity contribution in [1.82, 2.24) is 0 Å². The molecule has 0 bridgehead atoms. The molecule has 5 nitrogen and oxygen atoms in total. The van der Waals surface area contributed by atoms with Gasteiger partial charge in [-0.15, -0.1) is 0 Å². The number of thioether (sulfide) groups is 1. The number of nitrogens with two attached hydrogens (primary N) is 1. The molecule has 0 aliphatic carbocycles. The summed E-state index contributed by atoms with van der Waals surface area (Å²) >= 11 is 1.64. The first-order valence-electron chi connectivity index (χ1n) is 6.24. The first-order valence-corrected chi connectivity index (χ1v) is 7.64. The lowest BCUT2D eigenvalue weighted by molar-refractivity contribution is -0.117. The number of rotatable bonds is 6. The number of hydrogen-bond donors (Lipinski definition) is 2. The normalized spacial score (nSPS) is 11.8. The van der Waals surface area contributed by atoms with E-state index in [4.69, 9.17) is 10.5 Å². The molecule has 0 heterocycles. The van der Waals surface area contributed by atoms with Crippen LogP contribution in [0, 0.1) is 6.92 Å². The molecule has 0 spiro atoms. The Morgan fingerprint density at radius 1 is 1.45 bits per heavy atom.